The van der Waals surface area contributed by atoms with Gasteiger partial charge in [0, 0.05) is 43.6 Å². The highest BCUT2D eigenvalue weighted by molar-refractivity contribution is 6.05. The molecular formula is C25H26FN5O. The van der Waals surface area contributed by atoms with Crippen molar-refractivity contribution in [2.45, 2.75) is 19.9 Å². The molecule has 0 spiro atoms. The molecule has 5 rings (SSSR count). The second kappa shape index (κ2) is 8.22. The van der Waals surface area contributed by atoms with Crippen molar-refractivity contribution >= 4 is 23.1 Å². The molecule has 32 heavy (non-hydrogen) atoms. The number of carbonyl (C=O) groups excluding carboxylic acids is 1. The molecule has 1 amide bonds. The summed E-state index contributed by atoms with van der Waals surface area (Å²) in [5.74, 6) is 0.216. The third-order valence-corrected chi connectivity index (χ3v) is 6.40. The lowest BCUT2D eigenvalue weighted by Gasteiger charge is -2.40. The van der Waals surface area contributed by atoms with Crippen LogP contribution in [0.1, 0.15) is 24.1 Å². The number of rotatable bonds is 3. The number of nitrogens with zero attached hydrogens (tertiary/aromatic N) is 5. The van der Waals surface area contributed by atoms with Gasteiger partial charge in [-0.05, 0) is 43.7 Å². The minimum atomic E-state index is -0.401. The molecule has 2 aliphatic heterocycles. The van der Waals surface area contributed by atoms with Crippen molar-refractivity contribution in [1.82, 2.24) is 14.7 Å². The summed E-state index contributed by atoms with van der Waals surface area (Å²) in [5, 5.41) is 4.52. The molecule has 0 bridgehead atoms. The van der Waals surface area contributed by atoms with Crippen LogP contribution in [0.2, 0.25) is 0 Å². The Morgan fingerprint density at radius 3 is 2.47 bits per heavy atom. The number of anilines is 1. The molecule has 1 saturated heterocycles. The van der Waals surface area contributed by atoms with Crippen molar-refractivity contribution in [3.05, 3.63) is 77.7 Å². The van der Waals surface area contributed by atoms with Gasteiger partial charge in [0.05, 0.1) is 12.2 Å². The highest BCUT2D eigenvalue weighted by atomic mass is 19.1. The van der Waals surface area contributed by atoms with E-state index in [2.05, 4.69) is 35.1 Å². The van der Waals surface area contributed by atoms with Crippen molar-refractivity contribution < 1.29 is 9.18 Å². The van der Waals surface area contributed by atoms with E-state index in [1.54, 1.807) is 18.3 Å². The number of aryl methyl sites for hydroxylation is 1. The smallest absolute Gasteiger partial charge is 0.234 e. The van der Waals surface area contributed by atoms with Gasteiger partial charge in [-0.2, -0.15) is 5.10 Å². The molecule has 0 saturated carbocycles. The largest absolute Gasteiger partial charge is 0.368 e. The fourth-order valence-corrected chi connectivity index (χ4v) is 4.77. The van der Waals surface area contributed by atoms with Gasteiger partial charge in [0.25, 0.3) is 0 Å². The molecule has 1 aromatic heterocycles. The number of amides is 1. The van der Waals surface area contributed by atoms with Crippen molar-refractivity contribution in [3.8, 4) is 0 Å². The Kier molecular flexibility index (Phi) is 5.25. The van der Waals surface area contributed by atoms with Crippen LogP contribution in [-0.4, -0.2) is 52.5 Å². The van der Waals surface area contributed by atoms with Gasteiger partial charge in [-0.3, -0.25) is 4.79 Å². The quantitative estimate of drug-likeness (QED) is 0.630. The van der Waals surface area contributed by atoms with Gasteiger partial charge in [0.2, 0.25) is 5.91 Å². The summed E-state index contributed by atoms with van der Waals surface area (Å²) < 4.78 is 15.1. The van der Waals surface area contributed by atoms with E-state index in [1.807, 2.05) is 28.6 Å². The van der Waals surface area contributed by atoms with Crippen LogP contribution in [0.3, 0.4) is 0 Å². The molecule has 3 aromatic rings. The van der Waals surface area contributed by atoms with Crippen LogP contribution in [0.15, 0.2) is 65.8 Å². The van der Waals surface area contributed by atoms with Gasteiger partial charge in [0.1, 0.15) is 11.7 Å². The molecule has 0 aliphatic carbocycles. The predicted molar refractivity (Wildman–Crippen MR) is 123 cm³/mol. The fraction of sp³-hybridized carbons (Fsp3) is 0.320. The van der Waals surface area contributed by atoms with E-state index in [1.165, 1.54) is 12.1 Å². The first-order valence-corrected chi connectivity index (χ1v) is 11.0. The van der Waals surface area contributed by atoms with Crippen molar-refractivity contribution in [2.24, 2.45) is 10.9 Å². The van der Waals surface area contributed by atoms with E-state index >= 15 is 0 Å². The number of halogens is 1. The first-order valence-electron chi connectivity index (χ1n) is 11.0. The summed E-state index contributed by atoms with van der Waals surface area (Å²) in [6.45, 7) is 6.66. The summed E-state index contributed by atoms with van der Waals surface area (Å²) in [4.78, 5) is 22.6. The first kappa shape index (κ1) is 20.4. The lowest BCUT2D eigenvalue weighted by Crippen LogP contribution is -2.53. The number of hydrogen-bond acceptors (Lipinski definition) is 4. The second-order valence-electron chi connectivity index (χ2n) is 8.51. The molecule has 7 heteroatoms. The maximum absolute atomic E-state index is 13.8. The lowest BCUT2D eigenvalue weighted by atomic mass is 9.86. The highest BCUT2D eigenvalue weighted by Gasteiger charge is 2.40. The molecule has 164 valence electrons. The van der Waals surface area contributed by atoms with Gasteiger partial charge >= 0.3 is 0 Å². The zero-order chi connectivity index (χ0) is 22.2. The lowest BCUT2D eigenvalue weighted by molar-refractivity contribution is -0.134. The zero-order valence-corrected chi connectivity index (χ0v) is 18.3. The van der Waals surface area contributed by atoms with Crippen LogP contribution in [0.4, 0.5) is 15.9 Å². The van der Waals surface area contributed by atoms with E-state index in [-0.39, 0.29) is 17.8 Å². The first-order chi connectivity index (χ1) is 15.5. The number of benzene rings is 2. The van der Waals surface area contributed by atoms with Crippen LogP contribution in [0.25, 0.3) is 0 Å². The number of piperazine rings is 1. The maximum atomic E-state index is 13.8. The van der Waals surface area contributed by atoms with Gasteiger partial charge in [0.15, 0.2) is 5.82 Å². The summed E-state index contributed by atoms with van der Waals surface area (Å²) in [7, 11) is 0. The van der Waals surface area contributed by atoms with Crippen LogP contribution in [0, 0.1) is 18.7 Å². The number of aliphatic imine (C=N–C) groups is 1. The number of fused-ring (bicyclic) bond motifs is 1. The molecule has 0 N–H and O–H groups in total. The molecule has 3 heterocycles. The average Bonchev–Trinajstić information content (AvgIpc) is 3.26. The van der Waals surface area contributed by atoms with Crippen LogP contribution >= 0.6 is 0 Å². The molecule has 2 unspecified atom stereocenters. The van der Waals surface area contributed by atoms with Crippen LogP contribution in [-0.2, 0) is 4.79 Å². The van der Waals surface area contributed by atoms with E-state index < -0.39 is 5.92 Å². The fourth-order valence-electron chi connectivity index (χ4n) is 4.77. The molecule has 0 radical (unpaired) electrons. The molecule has 1 fully saturated rings. The van der Waals surface area contributed by atoms with Gasteiger partial charge in [-0.15, -0.1) is 0 Å². The Balaban J connectivity index is 1.40. The monoisotopic (exact) mass is 431 g/mol. The van der Waals surface area contributed by atoms with Crippen molar-refractivity contribution in [1.29, 1.82) is 0 Å². The van der Waals surface area contributed by atoms with E-state index in [0.717, 1.165) is 28.3 Å². The number of hydrogen-bond donors (Lipinski definition) is 0. The average molecular weight is 432 g/mol. The topological polar surface area (TPSA) is 53.7 Å². The van der Waals surface area contributed by atoms with Crippen LogP contribution < -0.4 is 4.90 Å². The Morgan fingerprint density at radius 1 is 1.00 bits per heavy atom. The highest BCUT2D eigenvalue weighted by Crippen LogP contribution is 2.37. The number of aromatic nitrogens is 2. The zero-order valence-electron chi connectivity index (χ0n) is 18.3. The minimum absolute atomic E-state index is 0.0812. The van der Waals surface area contributed by atoms with E-state index in [4.69, 9.17) is 4.99 Å². The SMILES string of the molecule is CC1=Nc2ccnn2C(c2cccc(C)c2)C1C(=O)N1CCN(c2ccc(F)cc2)CC1. The Morgan fingerprint density at radius 2 is 1.75 bits per heavy atom. The second-order valence-corrected chi connectivity index (χ2v) is 8.51. The molecule has 6 nitrogen and oxygen atoms in total. The van der Waals surface area contributed by atoms with Crippen molar-refractivity contribution in [3.63, 3.8) is 0 Å². The summed E-state index contributed by atoms with van der Waals surface area (Å²) in [6.07, 6.45) is 1.74. The summed E-state index contributed by atoms with van der Waals surface area (Å²) >= 11 is 0. The van der Waals surface area contributed by atoms with Crippen molar-refractivity contribution in [2.75, 3.05) is 31.1 Å². The number of carbonyl (C=O) groups is 1. The van der Waals surface area contributed by atoms with Gasteiger partial charge < -0.3 is 9.80 Å². The Labute approximate surface area is 187 Å². The maximum Gasteiger partial charge on any atom is 0.234 e. The van der Waals surface area contributed by atoms with E-state index in [0.29, 0.717) is 26.2 Å². The molecule has 2 aliphatic rings. The van der Waals surface area contributed by atoms with Crippen LogP contribution in [0.5, 0.6) is 0 Å². The molecular weight excluding hydrogens is 405 g/mol. The van der Waals surface area contributed by atoms with Gasteiger partial charge in [-0.25, -0.2) is 14.1 Å². The minimum Gasteiger partial charge on any atom is -0.368 e. The third kappa shape index (κ3) is 3.68. The molecule has 2 atom stereocenters. The summed E-state index contributed by atoms with van der Waals surface area (Å²) in [6, 6.07) is 16.5. The third-order valence-electron chi connectivity index (χ3n) is 6.40. The Bertz CT molecular complexity index is 1160. The predicted octanol–water partition coefficient (Wildman–Crippen LogP) is 3.99. The van der Waals surface area contributed by atoms with E-state index in [9.17, 15) is 9.18 Å². The van der Waals surface area contributed by atoms with Gasteiger partial charge in [-0.1, -0.05) is 29.8 Å². The summed E-state index contributed by atoms with van der Waals surface area (Å²) in [5.41, 5.74) is 4.01. The standard InChI is InChI=1S/C25H26FN5O/c1-17-4-3-5-19(16-17)24-23(18(2)28-22-10-11-27-31(22)24)25(32)30-14-12-29(13-15-30)21-8-6-20(26)7-9-21/h3-11,16,23-24H,12-15H2,1-2H3. The Hall–Kier alpha value is -3.48. The molecule has 2 aromatic carbocycles. The normalized spacial score (nSPS) is 20.7.